The van der Waals surface area contributed by atoms with Gasteiger partial charge in [-0.15, -0.1) is 0 Å². The van der Waals surface area contributed by atoms with Gasteiger partial charge >= 0.3 is 0 Å². The van der Waals surface area contributed by atoms with E-state index in [1.807, 2.05) is 29.2 Å². The predicted molar refractivity (Wildman–Crippen MR) is 74.3 cm³/mol. The zero-order valence-corrected chi connectivity index (χ0v) is 10.7. The minimum Gasteiger partial charge on any atom is -0.338 e. The molecule has 4 heteroatoms. The molecule has 1 unspecified atom stereocenters. The summed E-state index contributed by atoms with van der Waals surface area (Å²) in [4.78, 5) is 18.1. The molecule has 1 amide bonds. The summed E-state index contributed by atoms with van der Waals surface area (Å²) in [7, 11) is 0. The fourth-order valence-corrected chi connectivity index (χ4v) is 2.61. The van der Waals surface area contributed by atoms with Gasteiger partial charge in [0.1, 0.15) is 0 Å². The van der Waals surface area contributed by atoms with Crippen molar-refractivity contribution in [2.24, 2.45) is 11.7 Å². The number of likely N-dealkylation sites (tertiary alicyclic amines) is 1. The van der Waals surface area contributed by atoms with Crippen molar-refractivity contribution >= 4 is 16.8 Å². The molecule has 0 bridgehead atoms. The van der Waals surface area contributed by atoms with E-state index in [-0.39, 0.29) is 5.91 Å². The van der Waals surface area contributed by atoms with Gasteiger partial charge in [0.05, 0.1) is 5.52 Å². The summed E-state index contributed by atoms with van der Waals surface area (Å²) in [6, 6.07) is 10.1. The zero-order valence-electron chi connectivity index (χ0n) is 10.7. The fraction of sp³-hybridized carbons (Fsp3) is 0.333. The first-order valence-electron chi connectivity index (χ1n) is 6.58. The molecule has 2 aromatic rings. The van der Waals surface area contributed by atoms with Crippen molar-refractivity contribution in [3.05, 3.63) is 42.1 Å². The van der Waals surface area contributed by atoms with Crippen LogP contribution in [0, 0.1) is 5.92 Å². The molecule has 1 aromatic carbocycles. The van der Waals surface area contributed by atoms with E-state index in [2.05, 4.69) is 11.1 Å². The third-order valence-corrected chi connectivity index (χ3v) is 3.67. The van der Waals surface area contributed by atoms with Crippen LogP contribution in [0.2, 0.25) is 0 Å². The molecule has 1 fully saturated rings. The molecule has 2 heterocycles. The van der Waals surface area contributed by atoms with E-state index in [1.54, 1.807) is 6.20 Å². The Kier molecular flexibility index (Phi) is 3.17. The van der Waals surface area contributed by atoms with E-state index in [0.29, 0.717) is 25.4 Å². The Balaban J connectivity index is 1.80. The largest absolute Gasteiger partial charge is 0.338 e. The first kappa shape index (κ1) is 12.1. The summed E-state index contributed by atoms with van der Waals surface area (Å²) in [5, 5.41) is 1.11. The summed E-state index contributed by atoms with van der Waals surface area (Å²) in [6.45, 7) is 2.03. The molecule has 1 aromatic heterocycles. The van der Waals surface area contributed by atoms with Crippen LogP contribution in [0.25, 0.3) is 10.9 Å². The maximum atomic E-state index is 11.9. The Hall–Kier alpha value is -1.94. The van der Waals surface area contributed by atoms with Crippen molar-refractivity contribution in [1.29, 1.82) is 0 Å². The van der Waals surface area contributed by atoms with Crippen molar-refractivity contribution in [2.75, 3.05) is 13.1 Å². The van der Waals surface area contributed by atoms with E-state index in [9.17, 15) is 4.79 Å². The number of carbonyl (C=O) groups is 1. The van der Waals surface area contributed by atoms with E-state index >= 15 is 0 Å². The van der Waals surface area contributed by atoms with Crippen LogP contribution >= 0.6 is 0 Å². The average Bonchev–Trinajstić information content (AvgIpc) is 2.79. The van der Waals surface area contributed by atoms with Gasteiger partial charge in [-0.05, 0) is 36.2 Å². The molecule has 4 nitrogen and oxygen atoms in total. The molecule has 0 saturated carbocycles. The fourth-order valence-electron chi connectivity index (χ4n) is 2.61. The summed E-state index contributed by atoms with van der Waals surface area (Å²) in [6.07, 6.45) is 2.38. The first-order valence-corrected chi connectivity index (χ1v) is 6.58. The number of pyridine rings is 1. The van der Waals surface area contributed by atoms with Crippen molar-refractivity contribution in [3.8, 4) is 0 Å². The van der Waals surface area contributed by atoms with Gasteiger partial charge in [-0.3, -0.25) is 9.78 Å². The standard InChI is InChI=1S/C15H17N3O/c16-8-12-7-15(19)18(10-12)9-11-3-4-14-13(6-11)2-1-5-17-14/h1-6,12H,7-10,16H2. The number of hydrogen-bond acceptors (Lipinski definition) is 3. The predicted octanol–water partition coefficient (Wildman–Crippen LogP) is 1.54. The lowest BCUT2D eigenvalue weighted by Crippen LogP contribution is -2.25. The summed E-state index contributed by atoms with van der Waals surface area (Å²) in [5.41, 5.74) is 7.77. The molecule has 0 aliphatic carbocycles. The van der Waals surface area contributed by atoms with Crippen molar-refractivity contribution < 1.29 is 4.79 Å². The van der Waals surface area contributed by atoms with Crippen LogP contribution in [0.3, 0.4) is 0 Å². The Morgan fingerprint density at radius 2 is 2.26 bits per heavy atom. The zero-order chi connectivity index (χ0) is 13.2. The molecule has 1 saturated heterocycles. The van der Waals surface area contributed by atoms with Crippen LogP contribution < -0.4 is 5.73 Å². The maximum absolute atomic E-state index is 11.9. The summed E-state index contributed by atoms with van der Waals surface area (Å²) in [5.74, 6) is 0.524. The van der Waals surface area contributed by atoms with Crippen LogP contribution in [-0.2, 0) is 11.3 Å². The van der Waals surface area contributed by atoms with Crippen molar-refractivity contribution in [3.63, 3.8) is 0 Å². The van der Waals surface area contributed by atoms with Gasteiger partial charge in [0.25, 0.3) is 0 Å². The highest BCUT2D eigenvalue weighted by molar-refractivity contribution is 5.80. The lowest BCUT2D eigenvalue weighted by atomic mass is 10.1. The molecule has 19 heavy (non-hydrogen) atoms. The van der Waals surface area contributed by atoms with E-state index in [1.165, 1.54) is 0 Å². The monoisotopic (exact) mass is 255 g/mol. The van der Waals surface area contributed by atoms with E-state index in [4.69, 9.17) is 5.73 Å². The highest BCUT2D eigenvalue weighted by Crippen LogP contribution is 2.21. The van der Waals surface area contributed by atoms with Gasteiger partial charge in [0, 0.05) is 31.1 Å². The minimum absolute atomic E-state index is 0.210. The van der Waals surface area contributed by atoms with Crippen molar-refractivity contribution in [2.45, 2.75) is 13.0 Å². The van der Waals surface area contributed by atoms with E-state index in [0.717, 1.165) is 23.0 Å². The quantitative estimate of drug-likeness (QED) is 0.905. The number of nitrogens with zero attached hydrogens (tertiary/aromatic N) is 2. The number of fused-ring (bicyclic) bond motifs is 1. The second-order valence-electron chi connectivity index (χ2n) is 5.11. The number of carbonyl (C=O) groups excluding carboxylic acids is 1. The number of aromatic nitrogens is 1. The molecular weight excluding hydrogens is 238 g/mol. The van der Waals surface area contributed by atoms with Gasteiger partial charge in [-0.2, -0.15) is 0 Å². The minimum atomic E-state index is 0.210. The Morgan fingerprint density at radius 1 is 1.37 bits per heavy atom. The molecule has 3 rings (SSSR count). The number of benzene rings is 1. The molecular formula is C15H17N3O. The number of hydrogen-bond donors (Lipinski definition) is 1. The average molecular weight is 255 g/mol. The third kappa shape index (κ3) is 2.44. The van der Waals surface area contributed by atoms with Crippen LogP contribution in [0.15, 0.2) is 36.5 Å². The molecule has 98 valence electrons. The number of rotatable bonds is 3. The number of nitrogens with two attached hydrogens (primary N) is 1. The Bertz CT molecular complexity index is 611. The van der Waals surface area contributed by atoms with Gasteiger partial charge in [-0.1, -0.05) is 12.1 Å². The second kappa shape index (κ2) is 4.97. The normalized spacial score (nSPS) is 19.3. The highest BCUT2D eigenvalue weighted by atomic mass is 16.2. The SMILES string of the molecule is NCC1CC(=O)N(Cc2ccc3ncccc3c2)C1. The third-order valence-electron chi connectivity index (χ3n) is 3.67. The lowest BCUT2D eigenvalue weighted by molar-refractivity contribution is -0.128. The molecule has 0 radical (unpaired) electrons. The second-order valence-corrected chi connectivity index (χ2v) is 5.11. The van der Waals surface area contributed by atoms with Gasteiger partial charge < -0.3 is 10.6 Å². The molecule has 1 aliphatic heterocycles. The molecule has 1 aliphatic rings. The smallest absolute Gasteiger partial charge is 0.223 e. The highest BCUT2D eigenvalue weighted by Gasteiger charge is 2.28. The lowest BCUT2D eigenvalue weighted by Gasteiger charge is -2.16. The summed E-state index contributed by atoms with van der Waals surface area (Å²) < 4.78 is 0. The Labute approximate surface area is 112 Å². The topological polar surface area (TPSA) is 59.2 Å². The summed E-state index contributed by atoms with van der Waals surface area (Å²) >= 11 is 0. The van der Waals surface area contributed by atoms with Crippen LogP contribution in [0.1, 0.15) is 12.0 Å². The van der Waals surface area contributed by atoms with Gasteiger partial charge in [-0.25, -0.2) is 0 Å². The van der Waals surface area contributed by atoms with Crippen molar-refractivity contribution in [1.82, 2.24) is 9.88 Å². The maximum Gasteiger partial charge on any atom is 0.223 e. The van der Waals surface area contributed by atoms with Crippen LogP contribution in [0.5, 0.6) is 0 Å². The molecule has 1 atom stereocenters. The van der Waals surface area contributed by atoms with Gasteiger partial charge in [0.15, 0.2) is 0 Å². The van der Waals surface area contributed by atoms with Crippen LogP contribution in [0.4, 0.5) is 0 Å². The first-order chi connectivity index (χ1) is 9.26. The van der Waals surface area contributed by atoms with E-state index < -0.39 is 0 Å². The Morgan fingerprint density at radius 3 is 3.05 bits per heavy atom. The molecule has 0 spiro atoms. The van der Waals surface area contributed by atoms with Crippen LogP contribution in [-0.4, -0.2) is 28.9 Å². The number of amides is 1. The molecule has 2 N–H and O–H groups in total. The van der Waals surface area contributed by atoms with Gasteiger partial charge in [0.2, 0.25) is 5.91 Å².